The molecule has 0 saturated carbocycles. The van der Waals surface area contributed by atoms with Gasteiger partial charge in [0, 0.05) is 17.1 Å². The zero-order valence-electron chi connectivity index (χ0n) is 16.4. The van der Waals surface area contributed by atoms with Gasteiger partial charge in [0.2, 0.25) is 20.7 Å². The molecule has 0 radical (unpaired) electrons. The van der Waals surface area contributed by atoms with Crippen LogP contribution in [-0.2, 0) is 15.6 Å². The van der Waals surface area contributed by atoms with Crippen LogP contribution in [0.2, 0.25) is 0 Å². The first-order valence-electron chi connectivity index (χ1n) is 8.59. The van der Waals surface area contributed by atoms with Gasteiger partial charge < -0.3 is 14.2 Å². The van der Waals surface area contributed by atoms with E-state index in [9.17, 15) is 13.2 Å². The van der Waals surface area contributed by atoms with Gasteiger partial charge in [0.25, 0.3) is 11.1 Å². The number of benzene rings is 2. The molecular formula is C19H19N3O6S2. The van der Waals surface area contributed by atoms with E-state index in [0.29, 0.717) is 22.8 Å². The van der Waals surface area contributed by atoms with Gasteiger partial charge in [0.1, 0.15) is 0 Å². The lowest BCUT2D eigenvalue weighted by Gasteiger charge is -2.13. The van der Waals surface area contributed by atoms with Gasteiger partial charge in [-0.05, 0) is 17.7 Å². The number of amides is 1. The van der Waals surface area contributed by atoms with Gasteiger partial charge in [-0.15, -0.1) is 0 Å². The molecule has 1 heterocycles. The lowest BCUT2D eigenvalue weighted by atomic mass is 10.1. The summed E-state index contributed by atoms with van der Waals surface area (Å²) in [5, 5.41) is 2.26. The van der Waals surface area contributed by atoms with E-state index in [1.54, 1.807) is 30.3 Å². The molecule has 0 spiro atoms. The van der Waals surface area contributed by atoms with Gasteiger partial charge in [-0.1, -0.05) is 30.3 Å². The molecule has 1 aromatic heterocycles. The minimum atomic E-state index is -3.74. The van der Waals surface area contributed by atoms with Crippen LogP contribution in [0.4, 0.5) is 5.13 Å². The quantitative estimate of drug-likeness (QED) is 0.558. The number of methoxy groups -OCH3 is 3. The summed E-state index contributed by atoms with van der Waals surface area (Å²) in [4.78, 5) is 16.6. The molecule has 0 aliphatic carbocycles. The molecule has 9 nitrogen and oxygen atoms in total. The van der Waals surface area contributed by atoms with E-state index in [1.807, 2.05) is 0 Å². The first-order valence-corrected chi connectivity index (χ1v) is 11.0. The Bertz CT molecular complexity index is 1120. The molecule has 0 aliphatic rings. The third-order valence-electron chi connectivity index (χ3n) is 4.03. The van der Waals surface area contributed by atoms with E-state index in [2.05, 4.69) is 14.7 Å². The molecule has 11 heteroatoms. The molecule has 30 heavy (non-hydrogen) atoms. The number of anilines is 1. The lowest BCUT2D eigenvalue weighted by molar-refractivity contribution is 0.102. The number of carbonyl (C=O) groups excluding carboxylic acids is 1. The van der Waals surface area contributed by atoms with E-state index in [4.69, 9.17) is 14.2 Å². The highest BCUT2D eigenvalue weighted by molar-refractivity contribution is 7.90. The summed E-state index contributed by atoms with van der Waals surface area (Å²) in [7, 11) is 0.590. The molecule has 3 aromatic rings. The van der Waals surface area contributed by atoms with Crippen LogP contribution in [0.15, 0.2) is 47.6 Å². The number of hydrogen-bond donors (Lipinski definition) is 1. The van der Waals surface area contributed by atoms with E-state index in [0.717, 1.165) is 11.5 Å². The molecular weight excluding hydrogens is 430 g/mol. The number of rotatable bonds is 8. The number of hydrogen-bond acceptors (Lipinski definition) is 9. The largest absolute Gasteiger partial charge is 0.493 e. The van der Waals surface area contributed by atoms with Crippen molar-refractivity contribution in [2.45, 2.75) is 10.9 Å². The molecule has 158 valence electrons. The van der Waals surface area contributed by atoms with Crippen molar-refractivity contribution >= 4 is 32.4 Å². The van der Waals surface area contributed by atoms with Crippen molar-refractivity contribution < 1.29 is 27.4 Å². The molecule has 0 aliphatic heterocycles. The van der Waals surface area contributed by atoms with Crippen LogP contribution >= 0.6 is 11.5 Å². The molecule has 0 fully saturated rings. The Morgan fingerprint density at radius 3 is 2.23 bits per heavy atom. The molecule has 1 amide bonds. The van der Waals surface area contributed by atoms with Crippen molar-refractivity contribution in [3.63, 3.8) is 0 Å². The Kier molecular flexibility index (Phi) is 6.53. The summed E-state index contributed by atoms with van der Waals surface area (Å²) in [5.41, 5.74) is 0.837. The van der Waals surface area contributed by atoms with Crippen molar-refractivity contribution in [1.29, 1.82) is 0 Å². The second-order valence-corrected chi connectivity index (χ2v) is 8.63. The molecule has 3 rings (SSSR count). The summed E-state index contributed by atoms with van der Waals surface area (Å²) in [5.74, 6) is 0.208. The molecule has 0 atom stereocenters. The van der Waals surface area contributed by atoms with Crippen molar-refractivity contribution in [1.82, 2.24) is 9.36 Å². The van der Waals surface area contributed by atoms with E-state index < -0.39 is 15.7 Å². The van der Waals surface area contributed by atoms with Gasteiger partial charge in [-0.25, -0.2) is 8.42 Å². The third-order valence-corrected chi connectivity index (χ3v) is 6.23. The highest BCUT2D eigenvalue weighted by atomic mass is 32.2. The molecule has 2 aromatic carbocycles. The van der Waals surface area contributed by atoms with Crippen LogP contribution in [0.3, 0.4) is 0 Å². The topological polar surface area (TPSA) is 117 Å². The fourth-order valence-corrected chi connectivity index (χ4v) is 4.71. The van der Waals surface area contributed by atoms with Crippen LogP contribution in [-0.4, -0.2) is 45.0 Å². The average molecular weight is 450 g/mol. The van der Waals surface area contributed by atoms with Gasteiger partial charge in [-0.3, -0.25) is 10.1 Å². The maximum absolute atomic E-state index is 12.6. The predicted octanol–water partition coefficient (Wildman–Crippen LogP) is 2.79. The standard InChI is InChI=1S/C19H19N3O6S2/c1-26-14-9-13(10-15(27-2)16(14)28-3)17(23)20-18-21-19(22-29-18)30(24,25)11-12-7-5-4-6-8-12/h4-10H,11H2,1-3H3,(H,20,21,22,23). The Labute approximate surface area is 177 Å². The summed E-state index contributed by atoms with van der Waals surface area (Å²) in [6.07, 6.45) is 0. The Hall–Kier alpha value is -3.18. The third kappa shape index (κ3) is 4.69. The van der Waals surface area contributed by atoms with Crippen molar-refractivity contribution in [2.75, 3.05) is 26.6 Å². The SMILES string of the molecule is COc1cc(C(=O)Nc2nc(S(=O)(=O)Cc3ccccc3)ns2)cc(OC)c1OC. The number of nitrogens with zero attached hydrogens (tertiary/aromatic N) is 2. The second kappa shape index (κ2) is 9.09. The Balaban J connectivity index is 1.80. The maximum atomic E-state index is 12.6. The minimum absolute atomic E-state index is 0.0559. The zero-order valence-corrected chi connectivity index (χ0v) is 18.0. The fourth-order valence-electron chi connectivity index (χ4n) is 2.63. The molecule has 0 bridgehead atoms. The summed E-state index contributed by atoms with van der Waals surface area (Å²) in [6.45, 7) is 0. The summed E-state index contributed by atoms with van der Waals surface area (Å²) >= 11 is 0.778. The fraction of sp³-hybridized carbons (Fsp3) is 0.211. The molecule has 1 N–H and O–H groups in total. The Morgan fingerprint density at radius 1 is 1.03 bits per heavy atom. The highest BCUT2D eigenvalue weighted by Crippen LogP contribution is 2.38. The van der Waals surface area contributed by atoms with E-state index in [1.165, 1.54) is 33.5 Å². The van der Waals surface area contributed by atoms with Crippen LogP contribution < -0.4 is 19.5 Å². The predicted molar refractivity (Wildman–Crippen MR) is 111 cm³/mol. The molecule has 0 unspecified atom stereocenters. The first-order chi connectivity index (χ1) is 14.4. The van der Waals surface area contributed by atoms with Gasteiger partial charge >= 0.3 is 0 Å². The van der Waals surface area contributed by atoms with Crippen LogP contribution in [0.25, 0.3) is 0 Å². The van der Waals surface area contributed by atoms with Gasteiger partial charge in [-0.2, -0.15) is 9.36 Å². The van der Waals surface area contributed by atoms with Crippen LogP contribution in [0, 0.1) is 0 Å². The first kappa shape index (κ1) is 21.5. The molecule has 0 saturated heterocycles. The van der Waals surface area contributed by atoms with Crippen LogP contribution in [0.1, 0.15) is 15.9 Å². The zero-order chi connectivity index (χ0) is 21.7. The van der Waals surface area contributed by atoms with Crippen molar-refractivity contribution in [2.24, 2.45) is 0 Å². The summed E-state index contributed by atoms with van der Waals surface area (Å²) < 4.78 is 44.6. The monoisotopic (exact) mass is 449 g/mol. The van der Waals surface area contributed by atoms with E-state index in [-0.39, 0.29) is 21.6 Å². The number of ether oxygens (including phenoxy) is 3. The maximum Gasteiger partial charge on any atom is 0.261 e. The number of aromatic nitrogens is 2. The van der Waals surface area contributed by atoms with Crippen molar-refractivity contribution in [3.05, 3.63) is 53.6 Å². The average Bonchev–Trinajstić information content (AvgIpc) is 3.22. The van der Waals surface area contributed by atoms with Crippen LogP contribution in [0.5, 0.6) is 17.2 Å². The number of carbonyl (C=O) groups is 1. The smallest absolute Gasteiger partial charge is 0.261 e. The Morgan fingerprint density at radius 2 is 1.67 bits per heavy atom. The van der Waals surface area contributed by atoms with E-state index >= 15 is 0 Å². The minimum Gasteiger partial charge on any atom is -0.493 e. The number of sulfone groups is 1. The van der Waals surface area contributed by atoms with Crippen molar-refractivity contribution in [3.8, 4) is 17.2 Å². The normalized spacial score (nSPS) is 11.0. The summed E-state index contributed by atoms with van der Waals surface area (Å²) in [6, 6.07) is 11.7. The number of nitrogens with one attached hydrogen (secondary N) is 1. The second-order valence-electron chi connectivity index (χ2n) is 5.99. The highest BCUT2D eigenvalue weighted by Gasteiger charge is 2.23. The van der Waals surface area contributed by atoms with Gasteiger partial charge in [0.15, 0.2) is 11.5 Å². The van der Waals surface area contributed by atoms with Gasteiger partial charge in [0.05, 0.1) is 27.1 Å². The lowest BCUT2D eigenvalue weighted by Crippen LogP contribution is -2.13.